The Balaban J connectivity index is 1.83. The minimum atomic E-state index is -1.58. The van der Waals surface area contributed by atoms with Crippen molar-refractivity contribution in [2.75, 3.05) is 19.1 Å². The fourth-order valence-corrected chi connectivity index (χ4v) is 3.96. The molecule has 0 bridgehead atoms. The Labute approximate surface area is 161 Å². The molecule has 2 aromatic rings. The van der Waals surface area contributed by atoms with Crippen LogP contribution in [0.1, 0.15) is 5.56 Å². The summed E-state index contributed by atoms with van der Waals surface area (Å²) in [5, 5.41) is 0. The minimum Gasteiger partial charge on any atom is -0.497 e. The molecule has 0 unspecified atom stereocenters. The molecule has 2 amide bonds. The van der Waals surface area contributed by atoms with Crippen molar-refractivity contribution in [1.82, 2.24) is 0 Å². The van der Waals surface area contributed by atoms with Crippen molar-refractivity contribution in [3.05, 3.63) is 60.2 Å². The molecule has 3 atom stereocenters. The van der Waals surface area contributed by atoms with Crippen LogP contribution in [0.5, 0.6) is 5.75 Å². The van der Waals surface area contributed by atoms with Gasteiger partial charge in [-0.2, -0.15) is 0 Å². The summed E-state index contributed by atoms with van der Waals surface area (Å²) in [7, 11) is 2.75. The smallest absolute Gasteiger partial charge is 0.339 e. The van der Waals surface area contributed by atoms with Gasteiger partial charge in [-0.05, 0) is 17.7 Å². The molecular formula is C21H18N2O5. The summed E-state index contributed by atoms with van der Waals surface area (Å²) in [4.78, 5) is 44.7. The van der Waals surface area contributed by atoms with E-state index in [9.17, 15) is 14.4 Å². The normalized spacial score (nSPS) is 25.7. The number of imide groups is 1. The van der Waals surface area contributed by atoms with Crippen molar-refractivity contribution in [2.24, 2.45) is 16.8 Å². The molecule has 2 aliphatic rings. The summed E-state index contributed by atoms with van der Waals surface area (Å²) >= 11 is 0. The maximum atomic E-state index is 13.4. The van der Waals surface area contributed by atoms with E-state index in [1.165, 1.54) is 20.4 Å². The Morgan fingerprint density at radius 2 is 1.79 bits per heavy atom. The number of amides is 2. The maximum Gasteiger partial charge on any atom is 0.339 e. The largest absolute Gasteiger partial charge is 0.497 e. The lowest BCUT2D eigenvalue weighted by Crippen LogP contribution is -2.45. The molecule has 2 aliphatic heterocycles. The van der Waals surface area contributed by atoms with Crippen molar-refractivity contribution in [1.29, 1.82) is 0 Å². The first-order valence-corrected chi connectivity index (χ1v) is 8.75. The number of esters is 1. The highest BCUT2D eigenvalue weighted by atomic mass is 16.5. The first kappa shape index (κ1) is 17.9. The summed E-state index contributed by atoms with van der Waals surface area (Å²) in [5.74, 6) is -2.90. The van der Waals surface area contributed by atoms with E-state index in [0.29, 0.717) is 17.0 Å². The van der Waals surface area contributed by atoms with E-state index >= 15 is 0 Å². The van der Waals surface area contributed by atoms with Crippen molar-refractivity contribution in [3.63, 3.8) is 0 Å². The van der Waals surface area contributed by atoms with Gasteiger partial charge in [-0.3, -0.25) is 14.6 Å². The molecule has 2 aromatic carbocycles. The highest BCUT2D eigenvalue weighted by Gasteiger charge is 2.65. The second-order valence-corrected chi connectivity index (χ2v) is 6.62. The number of benzene rings is 2. The summed E-state index contributed by atoms with van der Waals surface area (Å²) in [6.45, 7) is 0. The van der Waals surface area contributed by atoms with Gasteiger partial charge in [0.2, 0.25) is 11.8 Å². The second kappa shape index (κ2) is 6.60. The molecule has 1 fully saturated rings. The number of nitrogens with zero attached hydrogens (tertiary/aromatic N) is 2. The lowest BCUT2D eigenvalue weighted by molar-refractivity contribution is -0.151. The molecule has 0 aromatic heterocycles. The first-order chi connectivity index (χ1) is 13.5. The van der Waals surface area contributed by atoms with Crippen LogP contribution in [0, 0.1) is 11.8 Å². The van der Waals surface area contributed by atoms with Gasteiger partial charge in [0.1, 0.15) is 5.75 Å². The zero-order valence-electron chi connectivity index (χ0n) is 15.4. The van der Waals surface area contributed by atoms with Crippen molar-refractivity contribution in [3.8, 4) is 5.75 Å². The Kier molecular flexibility index (Phi) is 4.22. The van der Waals surface area contributed by atoms with Gasteiger partial charge in [0.25, 0.3) is 0 Å². The van der Waals surface area contributed by atoms with Crippen LogP contribution in [0.4, 0.5) is 5.69 Å². The fourth-order valence-electron chi connectivity index (χ4n) is 3.96. The van der Waals surface area contributed by atoms with Crippen LogP contribution in [0.15, 0.2) is 59.6 Å². The number of anilines is 1. The van der Waals surface area contributed by atoms with Crippen LogP contribution in [-0.4, -0.2) is 38.2 Å². The Morgan fingerprint density at radius 1 is 1.04 bits per heavy atom. The highest BCUT2D eigenvalue weighted by molar-refractivity contribution is 6.28. The van der Waals surface area contributed by atoms with Gasteiger partial charge in [0.15, 0.2) is 5.54 Å². The first-order valence-electron chi connectivity index (χ1n) is 8.75. The number of carbonyl (C=O) groups is 3. The summed E-state index contributed by atoms with van der Waals surface area (Å²) in [6, 6.07) is 15.4. The Bertz CT molecular complexity index is 987. The Morgan fingerprint density at radius 3 is 2.46 bits per heavy atom. The zero-order valence-corrected chi connectivity index (χ0v) is 15.4. The number of rotatable bonds is 4. The summed E-state index contributed by atoms with van der Waals surface area (Å²) in [5.41, 5.74) is -0.677. The molecule has 0 saturated carbocycles. The van der Waals surface area contributed by atoms with Gasteiger partial charge >= 0.3 is 5.97 Å². The number of methoxy groups -OCH3 is 2. The van der Waals surface area contributed by atoms with E-state index in [-0.39, 0.29) is 0 Å². The zero-order chi connectivity index (χ0) is 19.9. The van der Waals surface area contributed by atoms with E-state index in [2.05, 4.69) is 4.99 Å². The SMILES string of the molecule is COC(=O)[C@@]1(c2ccccc2)N=C[C@H]2C(=O)N(c3cccc(OC)c3)C(=O)[C@H]21. The third-order valence-electron chi connectivity index (χ3n) is 5.26. The molecule has 28 heavy (non-hydrogen) atoms. The number of hydrogen-bond donors (Lipinski definition) is 0. The van der Waals surface area contributed by atoms with Crippen LogP contribution in [0.25, 0.3) is 0 Å². The topological polar surface area (TPSA) is 85.3 Å². The van der Waals surface area contributed by atoms with E-state index in [0.717, 1.165) is 4.90 Å². The maximum absolute atomic E-state index is 13.4. The molecular weight excluding hydrogens is 360 g/mol. The number of ether oxygens (including phenoxy) is 2. The minimum absolute atomic E-state index is 0.393. The van der Waals surface area contributed by atoms with Crippen LogP contribution < -0.4 is 9.64 Å². The van der Waals surface area contributed by atoms with Crippen molar-refractivity contribution >= 4 is 29.7 Å². The molecule has 7 nitrogen and oxygen atoms in total. The molecule has 4 rings (SSSR count). The molecule has 0 spiro atoms. The van der Waals surface area contributed by atoms with E-state index in [1.54, 1.807) is 54.6 Å². The molecule has 0 N–H and O–H groups in total. The van der Waals surface area contributed by atoms with E-state index < -0.39 is 35.2 Å². The average molecular weight is 378 g/mol. The van der Waals surface area contributed by atoms with Gasteiger partial charge < -0.3 is 9.47 Å². The average Bonchev–Trinajstić information content (AvgIpc) is 3.26. The van der Waals surface area contributed by atoms with Gasteiger partial charge in [-0.25, -0.2) is 9.69 Å². The number of fused-ring (bicyclic) bond motifs is 1. The third kappa shape index (κ3) is 2.36. The van der Waals surface area contributed by atoms with Crippen LogP contribution >= 0.6 is 0 Å². The molecule has 0 aliphatic carbocycles. The van der Waals surface area contributed by atoms with Gasteiger partial charge in [0.05, 0.1) is 31.7 Å². The molecule has 2 heterocycles. The number of carbonyl (C=O) groups excluding carboxylic acids is 3. The standard InChI is InChI=1S/C21H18N2O5/c1-27-15-10-6-9-14(11-15)23-18(24)16-12-22-21(20(26)28-2,17(16)19(23)25)13-7-4-3-5-8-13/h3-12,16-17H,1-2H3/t16-,17+,21+/m1/s1. The fraction of sp³-hybridized carbons (Fsp3) is 0.238. The lowest BCUT2D eigenvalue weighted by Gasteiger charge is -2.29. The molecule has 0 radical (unpaired) electrons. The lowest BCUT2D eigenvalue weighted by atomic mass is 9.76. The summed E-state index contributed by atoms with van der Waals surface area (Å²) < 4.78 is 10.2. The van der Waals surface area contributed by atoms with E-state index in [4.69, 9.17) is 9.47 Å². The third-order valence-corrected chi connectivity index (χ3v) is 5.26. The second-order valence-electron chi connectivity index (χ2n) is 6.62. The van der Waals surface area contributed by atoms with Crippen molar-refractivity contribution < 1.29 is 23.9 Å². The van der Waals surface area contributed by atoms with Gasteiger partial charge in [-0.1, -0.05) is 36.4 Å². The van der Waals surface area contributed by atoms with Gasteiger partial charge in [-0.15, -0.1) is 0 Å². The predicted octanol–water partition coefficient (Wildman–Crippen LogP) is 1.95. The quantitative estimate of drug-likeness (QED) is 0.600. The molecule has 142 valence electrons. The van der Waals surface area contributed by atoms with Crippen molar-refractivity contribution in [2.45, 2.75) is 5.54 Å². The number of aliphatic imine (C=N–C) groups is 1. The molecule has 1 saturated heterocycles. The monoisotopic (exact) mass is 378 g/mol. The van der Waals surface area contributed by atoms with E-state index in [1.807, 2.05) is 0 Å². The van der Waals surface area contributed by atoms with Crippen LogP contribution in [-0.2, 0) is 24.7 Å². The molecule has 7 heteroatoms. The number of hydrogen-bond acceptors (Lipinski definition) is 6. The van der Waals surface area contributed by atoms with Crippen LogP contribution in [0.2, 0.25) is 0 Å². The summed E-state index contributed by atoms with van der Waals surface area (Å²) in [6.07, 6.45) is 1.40. The van der Waals surface area contributed by atoms with Crippen LogP contribution in [0.3, 0.4) is 0 Å². The van der Waals surface area contributed by atoms with Gasteiger partial charge in [0, 0.05) is 12.3 Å². The highest BCUT2D eigenvalue weighted by Crippen LogP contribution is 2.49. The Hall–Kier alpha value is -3.48. The predicted molar refractivity (Wildman–Crippen MR) is 101 cm³/mol.